The summed E-state index contributed by atoms with van der Waals surface area (Å²) in [5, 5.41) is 7.36. The third-order valence-corrected chi connectivity index (χ3v) is 2.68. The highest BCUT2D eigenvalue weighted by molar-refractivity contribution is 5.73. The van der Waals surface area contributed by atoms with Crippen molar-refractivity contribution in [3.05, 3.63) is 48.5 Å². The average molecular weight is 239 g/mol. The first-order chi connectivity index (χ1) is 8.81. The van der Waals surface area contributed by atoms with E-state index in [0.717, 1.165) is 22.4 Å². The topological polar surface area (TPSA) is 55.6 Å². The minimum atomic E-state index is 0.642. The Labute approximate surface area is 104 Å². The van der Waals surface area contributed by atoms with E-state index in [1.54, 1.807) is 17.1 Å². The fourth-order valence-electron chi connectivity index (χ4n) is 1.79. The molecule has 5 heteroatoms. The molecular weight excluding hydrogens is 226 g/mol. The van der Waals surface area contributed by atoms with Crippen molar-refractivity contribution >= 4 is 16.7 Å². The molecule has 90 valence electrons. The van der Waals surface area contributed by atoms with E-state index in [4.69, 9.17) is 0 Å². The second kappa shape index (κ2) is 4.44. The minimum absolute atomic E-state index is 0.642. The van der Waals surface area contributed by atoms with E-state index in [-0.39, 0.29) is 0 Å². The van der Waals surface area contributed by atoms with Crippen LogP contribution < -0.4 is 5.32 Å². The highest BCUT2D eigenvalue weighted by atomic mass is 15.3. The maximum atomic E-state index is 4.54. The molecule has 0 atom stereocenters. The third kappa shape index (κ3) is 2.15. The van der Waals surface area contributed by atoms with E-state index in [1.165, 1.54) is 0 Å². The number of rotatable bonds is 3. The van der Waals surface area contributed by atoms with Crippen molar-refractivity contribution in [3.8, 4) is 0 Å². The Balaban J connectivity index is 1.78. The van der Waals surface area contributed by atoms with Gasteiger partial charge < -0.3 is 5.32 Å². The van der Waals surface area contributed by atoms with Crippen LogP contribution in [0.3, 0.4) is 0 Å². The summed E-state index contributed by atoms with van der Waals surface area (Å²) in [5.74, 6) is 0. The molecule has 0 saturated carbocycles. The van der Waals surface area contributed by atoms with Crippen molar-refractivity contribution in [3.63, 3.8) is 0 Å². The van der Waals surface area contributed by atoms with Gasteiger partial charge in [-0.05, 0) is 12.1 Å². The van der Waals surface area contributed by atoms with Gasteiger partial charge in [-0.25, -0.2) is 4.98 Å². The minimum Gasteiger partial charge on any atom is -0.377 e. The lowest BCUT2D eigenvalue weighted by molar-refractivity contribution is 0.768. The number of nitrogens with one attached hydrogen (secondary N) is 1. The molecular formula is C13H13N5. The summed E-state index contributed by atoms with van der Waals surface area (Å²) in [7, 11) is 1.89. The molecule has 3 rings (SSSR count). The van der Waals surface area contributed by atoms with Gasteiger partial charge in [0, 0.05) is 13.2 Å². The predicted octanol–water partition coefficient (Wildman–Crippen LogP) is 1.98. The molecule has 2 heterocycles. The predicted molar refractivity (Wildman–Crippen MR) is 70.1 cm³/mol. The van der Waals surface area contributed by atoms with Crippen LogP contribution in [0.2, 0.25) is 0 Å². The maximum absolute atomic E-state index is 4.54. The molecule has 0 aliphatic rings. The second-order valence-corrected chi connectivity index (χ2v) is 4.11. The molecule has 0 fully saturated rings. The number of para-hydroxylation sites is 2. The van der Waals surface area contributed by atoms with Gasteiger partial charge >= 0.3 is 0 Å². The van der Waals surface area contributed by atoms with Crippen LogP contribution in [0.4, 0.5) is 5.69 Å². The Morgan fingerprint density at radius 2 is 2.00 bits per heavy atom. The Morgan fingerprint density at radius 1 is 1.17 bits per heavy atom. The molecule has 18 heavy (non-hydrogen) atoms. The summed E-state index contributed by atoms with van der Waals surface area (Å²) in [5.41, 5.74) is 3.73. The number of aromatic nitrogens is 4. The zero-order valence-electron chi connectivity index (χ0n) is 10.0. The smallest absolute Gasteiger partial charge is 0.0890 e. The first-order valence-corrected chi connectivity index (χ1v) is 5.74. The second-order valence-electron chi connectivity index (χ2n) is 4.11. The SMILES string of the molecule is Cn1cc(NCc2cnc3ccccc3n2)cn1. The number of nitrogens with zero attached hydrogens (tertiary/aromatic N) is 4. The summed E-state index contributed by atoms with van der Waals surface area (Å²) in [6.07, 6.45) is 5.51. The monoisotopic (exact) mass is 239 g/mol. The molecule has 3 aromatic rings. The van der Waals surface area contributed by atoms with Crippen LogP contribution in [0.25, 0.3) is 11.0 Å². The van der Waals surface area contributed by atoms with Crippen LogP contribution in [-0.4, -0.2) is 19.7 Å². The Bertz CT molecular complexity index is 674. The number of hydrogen-bond donors (Lipinski definition) is 1. The first-order valence-electron chi connectivity index (χ1n) is 5.74. The van der Waals surface area contributed by atoms with E-state index in [0.29, 0.717) is 6.54 Å². The van der Waals surface area contributed by atoms with Crippen molar-refractivity contribution in [1.82, 2.24) is 19.7 Å². The third-order valence-electron chi connectivity index (χ3n) is 2.68. The molecule has 1 aromatic carbocycles. The van der Waals surface area contributed by atoms with Crippen molar-refractivity contribution in [2.45, 2.75) is 6.54 Å². The van der Waals surface area contributed by atoms with Gasteiger partial charge in [0.1, 0.15) is 0 Å². The van der Waals surface area contributed by atoms with Gasteiger partial charge in [-0.1, -0.05) is 12.1 Å². The highest BCUT2D eigenvalue weighted by Gasteiger charge is 2.00. The molecule has 0 unspecified atom stereocenters. The summed E-state index contributed by atoms with van der Waals surface area (Å²) in [4.78, 5) is 8.92. The van der Waals surface area contributed by atoms with Crippen LogP contribution >= 0.6 is 0 Å². The van der Waals surface area contributed by atoms with Crippen molar-refractivity contribution in [2.24, 2.45) is 7.05 Å². The number of hydrogen-bond acceptors (Lipinski definition) is 4. The summed E-state index contributed by atoms with van der Waals surface area (Å²) < 4.78 is 1.76. The van der Waals surface area contributed by atoms with E-state index >= 15 is 0 Å². The van der Waals surface area contributed by atoms with Crippen molar-refractivity contribution < 1.29 is 0 Å². The molecule has 0 aliphatic heterocycles. The number of benzene rings is 1. The van der Waals surface area contributed by atoms with Crippen LogP contribution in [0.15, 0.2) is 42.9 Å². The van der Waals surface area contributed by atoms with E-state index in [2.05, 4.69) is 20.4 Å². The van der Waals surface area contributed by atoms with Gasteiger partial charge in [-0.3, -0.25) is 9.67 Å². The van der Waals surface area contributed by atoms with Crippen LogP contribution in [0.1, 0.15) is 5.69 Å². The molecule has 5 nitrogen and oxygen atoms in total. The van der Waals surface area contributed by atoms with Crippen molar-refractivity contribution in [1.29, 1.82) is 0 Å². The van der Waals surface area contributed by atoms with Gasteiger partial charge in [0.15, 0.2) is 0 Å². The maximum Gasteiger partial charge on any atom is 0.0890 e. The quantitative estimate of drug-likeness (QED) is 0.759. The Hall–Kier alpha value is -2.43. The van der Waals surface area contributed by atoms with Gasteiger partial charge in [0.2, 0.25) is 0 Å². The number of fused-ring (bicyclic) bond motifs is 1. The summed E-state index contributed by atoms with van der Waals surface area (Å²) >= 11 is 0. The molecule has 0 spiro atoms. The Kier molecular flexibility index (Phi) is 2.64. The molecule has 0 amide bonds. The van der Waals surface area contributed by atoms with Gasteiger partial charge in [-0.2, -0.15) is 5.10 Å². The molecule has 2 aromatic heterocycles. The standard InChI is InChI=1S/C13H13N5/c1-18-9-11(8-16-18)14-6-10-7-15-12-4-2-3-5-13(12)17-10/h2-5,7-9,14H,6H2,1H3. The molecule has 0 aliphatic carbocycles. The largest absolute Gasteiger partial charge is 0.377 e. The average Bonchev–Trinajstić information content (AvgIpc) is 2.82. The van der Waals surface area contributed by atoms with Gasteiger partial charge in [0.05, 0.1) is 41.4 Å². The molecule has 0 radical (unpaired) electrons. The zero-order valence-corrected chi connectivity index (χ0v) is 10.0. The van der Waals surface area contributed by atoms with E-state index < -0.39 is 0 Å². The zero-order chi connectivity index (χ0) is 12.4. The van der Waals surface area contributed by atoms with Crippen LogP contribution in [0.5, 0.6) is 0 Å². The molecule has 1 N–H and O–H groups in total. The van der Waals surface area contributed by atoms with Crippen molar-refractivity contribution in [2.75, 3.05) is 5.32 Å². The number of anilines is 1. The lowest BCUT2D eigenvalue weighted by atomic mass is 10.3. The Morgan fingerprint density at radius 3 is 2.78 bits per heavy atom. The molecule has 0 saturated heterocycles. The molecule has 0 bridgehead atoms. The first kappa shape index (κ1) is 10.7. The normalized spacial score (nSPS) is 10.7. The highest BCUT2D eigenvalue weighted by Crippen LogP contribution is 2.10. The lowest BCUT2D eigenvalue weighted by Gasteiger charge is -2.03. The fourth-order valence-corrected chi connectivity index (χ4v) is 1.79. The van der Waals surface area contributed by atoms with E-state index in [9.17, 15) is 0 Å². The van der Waals surface area contributed by atoms with E-state index in [1.807, 2.05) is 37.5 Å². The van der Waals surface area contributed by atoms with Crippen LogP contribution in [0, 0.1) is 0 Å². The van der Waals surface area contributed by atoms with Gasteiger partial charge in [-0.15, -0.1) is 0 Å². The summed E-state index contributed by atoms with van der Waals surface area (Å²) in [6, 6.07) is 7.86. The van der Waals surface area contributed by atoms with Crippen LogP contribution in [-0.2, 0) is 13.6 Å². The fraction of sp³-hybridized carbons (Fsp3) is 0.154. The van der Waals surface area contributed by atoms with Gasteiger partial charge in [0.25, 0.3) is 0 Å². The number of aryl methyl sites for hydroxylation is 1. The summed E-state index contributed by atoms with van der Waals surface area (Å²) in [6.45, 7) is 0.642. The lowest BCUT2D eigenvalue weighted by Crippen LogP contribution is -2.02.